The smallest absolute Gasteiger partial charge is 0.239 e. The van der Waals surface area contributed by atoms with E-state index in [9.17, 15) is 4.79 Å². The van der Waals surface area contributed by atoms with Gasteiger partial charge >= 0.3 is 0 Å². The van der Waals surface area contributed by atoms with Crippen LogP contribution in [0.5, 0.6) is 5.75 Å². The van der Waals surface area contributed by atoms with Gasteiger partial charge in [-0.15, -0.1) is 0 Å². The molecule has 0 bridgehead atoms. The summed E-state index contributed by atoms with van der Waals surface area (Å²) in [5, 5.41) is 5.93. The summed E-state index contributed by atoms with van der Waals surface area (Å²) in [7, 11) is 0. The van der Waals surface area contributed by atoms with Crippen molar-refractivity contribution in [2.45, 2.75) is 33.2 Å². The number of ether oxygens (including phenoxy) is 1. The van der Waals surface area contributed by atoms with Crippen molar-refractivity contribution in [1.29, 1.82) is 0 Å². The Morgan fingerprint density at radius 3 is 2.63 bits per heavy atom. The molecule has 1 amide bonds. The van der Waals surface area contributed by atoms with Crippen LogP contribution in [0.3, 0.4) is 0 Å². The summed E-state index contributed by atoms with van der Waals surface area (Å²) < 4.78 is 5.40. The maximum atomic E-state index is 11.7. The molecule has 0 saturated carbocycles. The number of carbonyl (C=O) groups is 1. The fraction of sp³-hybridized carbons (Fsp3) is 0.500. The molecule has 5 heteroatoms. The molecule has 0 fully saturated rings. The number of carbonyl (C=O) groups excluding carboxylic acids is 1. The van der Waals surface area contributed by atoms with Crippen LogP contribution in [-0.2, 0) is 4.79 Å². The number of nitrogen functional groups attached to an aromatic ring is 1. The van der Waals surface area contributed by atoms with E-state index < -0.39 is 0 Å². The quantitative estimate of drug-likeness (QED) is 0.712. The lowest BCUT2D eigenvalue weighted by Crippen LogP contribution is -2.43. The van der Waals surface area contributed by atoms with Crippen molar-refractivity contribution in [3.63, 3.8) is 0 Å². The third-order valence-electron chi connectivity index (χ3n) is 2.28. The van der Waals surface area contributed by atoms with Crippen LogP contribution in [0, 0.1) is 0 Å². The Hall–Kier alpha value is -1.91. The third-order valence-corrected chi connectivity index (χ3v) is 2.28. The maximum absolute atomic E-state index is 11.7. The molecule has 0 aliphatic rings. The summed E-state index contributed by atoms with van der Waals surface area (Å²) in [4.78, 5) is 11.7. The standard InChI is InChI=1S/C14H23N3O2/c1-5-19-12-8-10(6-7-11(12)15)16-9-13(18)17-14(2,3)4/h6-8,16H,5,9,15H2,1-4H3,(H,17,18). The molecule has 0 aliphatic heterocycles. The highest BCUT2D eigenvalue weighted by atomic mass is 16.5. The predicted octanol–water partition coefficient (Wildman–Crippen LogP) is 1.99. The van der Waals surface area contributed by atoms with E-state index in [2.05, 4.69) is 10.6 Å². The molecule has 106 valence electrons. The van der Waals surface area contributed by atoms with E-state index in [0.29, 0.717) is 18.0 Å². The zero-order valence-electron chi connectivity index (χ0n) is 12.0. The normalized spacial score (nSPS) is 10.9. The molecular formula is C14H23N3O2. The molecule has 5 nitrogen and oxygen atoms in total. The second-order valence-electron chi connectivity index (χ2n) is 5.34. The van der Waals surface area contributed by atoms with E-state index in [1.807, 2.05) is 33.8 Å². The molecule has 0 spiro atoms. The Balaban J connectivity index is 2.58. The first-order valence-electron chi connectivity index (χ1n) is 6.39. The Morgan fingerprint density at radius 1 is 1.37 bits per heavy atom. The minimum Gasteiger partial charge on any atom is -0.492 e. The fourth-order valence-corrected chi connectivity index (χ4v) is 1.57. The van der Waals surface area contributed by atoms with Crippen LogP contribution in [0.1, 0.15) is 27.7 Å². The first kappa shape index (κ1) is 15.1. The number of nitrogens with one attached hydrogen (secondary N) is 2. The second-order valence-corrected chi connectivity index (χ2v) is 5.34. The summed E-state index contributed by atoms with van der Waals surface area (Å²) in [5.41, 5.74) is 6.95. The highest BCUT2D eigenvalue weighted by Gasteiger charge is 2.13. The molecule has 0 atom stereocenters. The largest absolute Gasteiger partial charge is 0.492 e. The van der Waals surface area contributed by atoms with E-state index >= 15 is 0 Å². The number of rotatable bonds is 5. The van der Waals surface area contributed by atoms with E-state index in [4.69, 9.17) is 10.5 Å². The summed E-state index contributed by atoms with van der Waals surface area (Å²) in [6, 6.07) is 5.38. The lowest BCUT2D eigenvalue weighted by molar-refractivity contribution is -0.120. The first-order valence-corrected chi connectivity index (χ1v) is 6.39. The van der Waals surface area contributed by atoms with E-state index in [1.165, 1.54) is 0 Å². The molecule has 0 unspecified atom stereocenters. The van der Waals surface area contributed by atoms with Crippen molar-refractivity contribution in [3.8, 4) is 5.75 Å². The van der Waals surface area contributed by atoms with Gasteiger partial charge in [0.15, 0.2) is 0 Å². The molecule has 4 N–H and O–H groups in total. The highest BCUT2D eigenvalue weighted by molar-refractivity contribution is 5.81. The van der Waals surface area contributed by atoms with Crippen molar-refractivity contribution in [2.24, 2.45) is 0 Å². The lowest BCUT2D eigenvalue weighted by atomic mass is 10.1. The van der Waals surface area contributed by atoms with Gasteiger partial charge in [0.25, 0.3) is 0 Å². The molecule has 1 aromatic rings. The number of hydrogen-bond donors (Lipinski definition) is 3. The van der Waals surface area contributed by atoms with Gasteiger partial charge < -0.3 is 21.1 Å². The van der Waals surface area contributed by atoms with Gasteiger partial charge in [0.05, 0.1) is 18.8 Å². The lowest BCUT2D eigenvalue weighted by Gasteiger charge is -2.20. The molecule has 0 aromatic heterocycles. The summed E-state index contributed by atoms with van der Waals surface area (Å²) in [6.45, 7) is 8.51. The van der Waals surface area contributed by atoms with Gasteiger partial charge in [-0.25, -0.2) is 0 Å². The number of benzene rings is 1. The van der Waals surface area contributed by atoms with Gasteiger partial charge in [-0.1, -0.05) is 0 Å². The molecule has 0 radical (unpaired) electrons. The van der Waals surface area contributed by atoms with Crippen molar-refractivity contribution in [3.05, 3.63) is 18.2 Å². The van der Waals surface area contributed by atoms with Gasteiger partial charge in [0.2, 0.25) is 5.91 Å². The Kier molecular flexibility index (Phi) is 5.03. The maximum Gasteiger partial charge on any atom is 0.239 e. The van der Waals surface area contributed by atoms with Gasteiger partial charge in [-0.3, -0.25) is 4.79 Å². The Labute approximate surface area is 114 Å². The molecule has 1 rings (SSSR count). The number of anilines is 2. The van der Waals surface area contributed by atoms with Gasteiger partial charge in [-0.05, 0) is 39.8 Å². The van der Waals surface area contributed by atoms with Crippen molar-refractivity contribution in [2.75, 3.05) is 24.2 Å². The van der Waals surface area contributed by atoms with E-state index in [1.54, 1.807) is 12.1 Å². The van der Waals surface area contributed by atoms with Crippen molar-refractivity contribution in [1.82, 2.24) is 5.32 Å². The number of amides is 1. The monoisotopic (exact) mass is 265 g/mol. The van der Waals surface area contributed by atoms with Gasteiger partial charge in [0.1, 0.15) is 5.75 Å². The minimum absolute atomic E-state index is 0.0534. The highest BCUT2D eigenvalue weighted by Crippen LogP contribution is 2.25. The van der Waals surface area contributed by atoms with Gasteiger partial charge in [0, 0.05) is 17.3 Å². The average Bonchev–Trinajstić information content (AvgIpc) is 2.28. The predicted molar refractivity (Wildman–Crippen MR) is 78.4 cm³/mol. The molecule has 1 aromatic carbocycles. The first-order chi connectivity index (χ1) is 8.81. The zero-order valence-corrected chi connectivity index (χ0v) is 12.0. The van der Waals surface area contributed by atoms with Crippen LogP contribution < -0.4 is 21.1 Å². The SMILES string of the molecule is CCOc1cc(NCC(=O)NC(C)(C)C)ccc1N. The summed E-state index contributed by atoms with van der Waals surface area (Å²) in [6.07, 6.45) is 0. The van der Waals surface area contributed by atoms with Crippen molar-refractivity contribution < 1.29 is 9.53 Å². The third kappa shape index (κ3) is 5.50. The Bertz CT molecular complexity index is 439. The van der Waals surface area contributed by atoms with E-state index in [0.717, 1.165) is 5.69 Å². The molecule has 0 heterocycles. The van der Waals surface area contributed by atoms with Crippen LogP contribution in [0.15, 0.2) is 18.2 Å². The summed E-state index contributed by atoms with van der Waals surface area (Å²) in [5.74, 6) is 0.575. The van der Waals surface area contributed by atoms with Crippen LogP contribution in [0.2, 0.25) is 0 Å². The van der Waals surface area contributed by atoms with E-state index in [-0.39, 0.29) is 18.0 Å². The number of nitrogens with two attached hydrogens (primary N) is 1. The van der Waals surface area contributed by atoms with Crippen LogP contribution in [-0.4, -0.2) is 24.6 Å². The molecule has 0 saturated heterocycles. The summed E-state index contributed by atoms with van der Waals surface area (Å²) >= 11 is 0. The topological polar surface area (TPSA) is 76.4 Å². The molecule has 0 aliphatic carbocycles. The van der Waals surface area contributed by atoms with Crippen LogP contribution >= 0.6 is 0 Å². The zero-order chi connectivity index (χ0) is 14.5. The fourth-order valence-electron chi connectivity index (χ4n) is 1.57. The molecule has 19 heavy (non-hydrogen) atoms. The van der Waals surface area contributed by atoms with Crippen LogP contribution in [0.4, 0.5) is 11.4 Å². The molecular weight excluding hydrogens is 242 g/mol. The van der Waals surface area contributed by atoms with Crippen LogP contribution in [0.25, 0.3) is 0 Å². The van der Waals surface area contributed by atoms with Gasteiger partial charge in [-0.2, -0.15) is 0 Å². The number of hydrogen-bond acceptors (Lipinski definition) is 4. The Morgan fingerprint density at radius 2 is 2.05 bits per heavy atom. The van der Waals surface area contributed by atoms with Crippen molar-refractivity contribution >= 4 is 17.3 Å². The minimum atomic E-state index is -0.226. The second kappa shape index (κ2) is 6.31. The average molecular weight is 265 g/mol.